The predicted octanol–water partition coefficient (Wildman–Crippen LogP) is 3.90. The molecule has 0 amide bonds. The fourth-order valence-corrected chi connectivity index (χ4v) is 1.64. The van der Waals surface area contributed by atoms with Crippen molar-refractivity contribution < 1.29 is 13.5 Å². The fraction of sp³-hybridized carbons (Fsp3) is 0.600. The van der Waals surface area contributed by atoms with Crippen LogP contribution in [0.5, 0.6) is 5.75 Å². The summed E-state index contributed by atoms with van der Waals surface area (Å²) in [5.41, 5.74) is 0.140. The number of nitrogens with one attached hydrogen (secondary N) is 1. The molecule has 0 spiro atoms. The lowest BCUT2D eigenvalue weighted by atomic mass is 10.1. The lowest BCUT2D eigenvalue weighted by molar-refractivity contribution is 0.287. The van der Waals surface area contributed by atoms with Gasteiger partial charge >= 0.3 is 0 Å². The van der Waals surface area contributed by atoms with Gasteiger partial charge in [-0.1, -0.05) is 0 Å². The van der Waals surface area contributed by atoms with Crippen LogP contribution in [-0.4, -0.2) is 18.7 Å². The first-order valence-corrected chi connectivity index (χ1v) is 6.71. The monoisotopic (exact) mass is 271 g/mol. The van der Waals surface area contributed by atoms with Gasteiger partial charge in [-0.15, -0.1) is 0 Å². The van der Waals surface area contributed by atoms with E-state index in [1.54, 1.807) is 0 Å². The van der Waals surface area contributed by atoms with Gasteiger partial charge in [-0.25, -0.2) is 8.78 Å². The van der Waals surface area contributed by atoms with Gasteiger partial charge in [-0.3, -0.25) is 0 Å². The molecule has 0 aliphatic carbocycles. The van der Waals surface area contributed by atoms with Gasteiger partial charge in [-0.05, 0) is 58.7 Å². The zero-order valence-electron chi connectivity index (χ0n) is 11.9. The second-order valence-corrected chi connectivity index (χ2v) is 5.66. The van der Waals surface area contributed by atoms with Crippen LogP contribution in [0.15, 0.2) is 18.2 Å². The molecule has 1 aromatic rings. The smallest absolute Gasteiger partial charge is 0.165 e. The summed E-state index contributed by atoms with van der Waals surface area (Å²) in [5, 5.41) is 3.40. The van der Waals surface area contributed by atoms with Crippen LogP contribution in [0.2, 0.25) is 0 Å². The Labute approximate surface area is 114 Å². The van der Waals surface area contributed by atoms with Gasteiger partial charge in [0.05, 0.1) is 6.61 Å². The van der Waals surface area contributed by atoms with Gasteiger partial charge in [-0.2, -0.15) is 0 Å². The number of halogens is 2. The van der Waals surface area contributed by atoms with Gasteiger partial charge < -0.3 is 10.1 Å². The van der Waals surface area contributed by atoms with E-state index in [2.05, 4.69) is 26.1 Å². The Kier molecular flexibility index (Phi) is 6.22. The fourth-order valence-electron chi connectivity index (χ4n) is 1.64. The van der Waals surface area contributed by atoms with E-state index < -0.39 is 11.6 Å². The highest BCUT2D eigenvalue weighted by Gasteiger charge is 2.07. The van der Waals surface area contributed by atoms with Crippen LogP contribution in [-0.2, 0) is 0 Å². The van der Waals surface area contributed by atoms with E-state index >= 15 is 0 Å². The van der Waals surface area contributed by atoms with Crippen LogP contribution in [0.3, 0.4) is 0 Å². The average Bonchev–Trinajstić information content (AvgIpc) is 2.31. The molecule has 1 aromatic carbocycles. The molecule has 0 saturated carbocycles. The summed E-state index contributed by atoms with van der Waals surface area (Å²) in [7, 11) is 0. The van der Waals surface area contributed by atoms with E-state index in [0.29, 0.717) is 6.61 Å². The van der Waals surface area contributed by atoms with Crippen molar-refractivity contribution in [3.05, 3.63) is 29.8 Å². The quantitative estimate of drug-likeness (QED) is 0.759. The van der Waals surface area contributed by atoms with Crippen LogP contribution < -0.4 is 10.1 Å². The Balaban J connectivity index is 2.12. The standard InChI is InChI=1S/C15H23F2NO/c1-15(2,3)18-9-5-4-6-10-19-14-11-12(16)7-8-13(14)17/h7-8,11,18H,4-6,9-10H2,1-3H3. The van der Waals surface area contributed by atoms with E-state index in [9.17, 15) is 8.78 Å². The second kappa shape index (κ2) is 7.43. The molecule has 2 nitrogen and oxygen atoms in total. The predicted molar refractivity (Wildman–Crippen MR) is 73.5 cm³/mol. The number of ether oxygens (including phenoxy) is 1. The summed E-state index contributed by atoms with van der Waals surface area (Å²) in [6, 6.07) is 3.24. The molecule has 108 valence electrons. The van der Waals surface area contributed by atoms with Crippen molar-refractivity contribution in [1.29, 1.82) is 0 Å². The van der Waals surface area contributed by atoms with Crippen LogP contribution in [0, 0.1) is 11.6 Å². The summed E-state index contributed by atoms with van der Waals surface area (Å²) in [6.45, 7) is 7.75. The minimum Gasteiger partial charge on any atom is -0.490 e. The summed E-state index contributed by atoms with van der Waals surface area (Å²) in [6.07, 6.45) is 2.88. The van der Waals surface area contributed by atoms with Crippen LogP contribution in [0.25, 0.3) is 0 Å². The van der Waals surface area contributed by atoms with E-state index in [4.69, 9.17) is 4.74 Å². The van der Waals surface area contributed by atoms with Crippen LogP contribution in [0.1, 0.15) is 40.0 Å². The SMILES string of the molecule is CC(C)(C)NCCCCCOc1cc(F)ccc1F. The van der Waals surface area contributed by atoms with Crippen LogP contribution in [0.4, 0.5) is 8.78 Å². The summed E-state index contributed by atoms with van der Waals surface area (Å²) >= 11 is 0. The molecule has 0 fully saturated rings. The van der Waals surface area contributed by atoms with Crippen molar-refractivity contribution in [3.63, 3.8) is 0 Å². The number of hydrogen-bond acceptors (Lipinski definition) is 2. The first kappa shape index (κ1) is 15.9. The zero-order valence-corrected chi connectivity index (χ0v) is 11.9. The molecule has 0 atom stereocenters. The number of benzene rings is 1. The molecule has 0 aliphatic rings. The first-order valence-electron chi connectivity index (χ1n) is 6.71. The maximum atomic E-state index is 13.2. The Morgan fingerprint density at radius 2 is 1.84 bits per heavy atom. The van der Waals surface area contributed by atoms with Gasteiger partial charge in [0, 0.05) is 11.6 Å². The first-order chi connectivity index (χ1) is 8.88. The third-order valence-corrected chi connectivity index (χ3v) is 2.63. The molecule has 1 N–H and O–H groups in total. The molecular weight excluding hydrogens is 248 g/mol. The zero-order chi connectivity index (χ0) is 14.3. The third kappa shape index (κ3) is 7.11. The van der Waals surface area contributed by atoms with Crippen molar-refractivity contribution in [3.8, 4) is 5.75 Å². The van der Waals surface area contributed by atoms with E-state index in [-0.39, 0.29) is 11.3 Å². The molecule has 0 aliphatic heterocycles. The minimum atomic E-state index is -0.518. The van der Waals surface area contributed by atoms with Gasteiger partial charge in [0.15, 0.2) is 11.6 Å². The van der Waals surface area contributed by atoms with E-state index in [1.165, 1.54) is 0 Å². The van der Waals surface area contributed by atoms with Crippen molar-refractivity contribution in [1.82, 2.24) is 5.32 Å². The minimum absolute atomic E-state index is 0.00665. The number of rotatable bonds is 7. The van der Waals surface area contributed by atoms with Gasteiger partial charge in [0.1, 0.15) is 5.82 Å². The molecule has 0 heterocycles. The summed E-state index contributed by atoms with van der Waals surface area (Å²) < 4.78 is 31.3. The van der Waals surface area contributed by atoms with E-state index in [0.717, 1.165) is 44.0 Å². The Hall–Kier alpha value is -1.16. The number of unbranched alkanes of at least 4 members (excludes halogenated alkanes) is 2. The topological polar surface area (TPSA) is 21.3 Å². The third-order valence-electron chi connectivity index (χ3n) is 2.63. The Bertz CT molecular complexity index is 388. The molecule has 0 aromatic heterocycles. The highest BCUT2D eigenvalue weighted by atomic mass is 19.1. The molecule has 4 heteroatoms. The van der Waals surface area contributed by atoms with Gasteiger partial charge in [0.2, 0.25) is 0 Å². The molecule has 0 unspecified atom stereocenters. The summed E-state index contributed by atoms with van der Waals surface area (Å²) in [4.78, 5) is 0. The highest BCUT2D eigenvalue weighted by molar-refractivity contribution is 5.24. The molecular formula is C15H23F2NO. The highest BCUT2D eigenvalue weighted by Crippen LogP contribution is 2.18. The van der Waals surface area contributed by atoms with Crippen molar-refractivity contribution in [2.75, 3.05) is 13.2 Å². The molecule has 0 saturated heterocycles. The van der Waals surface area contributed by atoms with Crippen molar-refractivity contribution in [2.24, 2.45) is 0 Å². The lowest BCUT2D eigenvalue weighted by Crippen LogP contribution is -2.36. The maximum Gasteiger partial charge on any atom is 0.165 e. The second-order valence-electron chi connectivity index (χ2n) is 5.66. The molecule has 0 bridgehead atoms. The van der Waals surface area contributed by atoms with Crippen molar-refractivity contribution in [2.45, 2.75) is 45.6 Å². The number of hydrogen-bond donors (Lipinski definition) is 1. The average molecular weight is 271 g/mol. The summed E-state index contributed by atoms with van der Waals surface area (Å²) in [5.74, 6) is -1.01. The lowest BCUT2D eigenvalue weighted by Gasteiger charge is -2.20. The molecule has 0 radical (unpaired) electrons. The Morgan fingerprint density at radius 1 is 1.11 bits per heavy atom. The van der Waals surface area contributed by atoms with Crippen molar-refractivity contribution >= 4 is 0 Å². The Morgan fingerprint density at radius 3 is 2.53 bits per heavy atom. The van der Waals surface area contributed by atoms with Gasteiger partial charge in [0.25, 0.3) is 0 Å². The largest absolute Gasteiger partial charge is 0.490 e. The van der Waals surface area contributed by atoms with Crippen LogP contribution >= 0.6 is 0 Å². The normalized spacial score (nSPS) is 11.6. The maximum absolute atomic E-state index is 13.2. The molecule has 19 heavy (non-hydrogen) atoms. The molecule has 1 rings (SSSR count). The van der Waals surface area contributed by atoms with E-state index in [1.807, 2.05) is 0 Å².